The lowest BCUT2D eigenvalue weighted by Gasteiger charge is -2.12. The molecule has 0 saturated heterocycles. The van der Waals surface area contributed by atoms with Crippen LogP contribution in [0.5, 0.6) is 0 Å². The Balaban J connectivity index is 0.757. The van der Waals surface area contributed by atoms with E-state index in [1.54, 1.807) is 0 Å². The van der Waals surface area contributed by atoms with Crippen LogP contribution >= 0.6 is 0 Å². The molecule has 13 aromatic carbocycles. The molecule has 0 radical (unpaired) electrons. The first-order valence-electron chi connectivity index (χ1n) is 28.6. The normalized spacial score (nSPS) is 12.5. The second-order valence-electron chi connectivity index (χ2n) is 22.6. The number of hydrogen-bond donors (Lipinski definition) is 0. The first-order valence-corrected chi connectivity index (χ1v) is 28.6. The second kappa shape index (κ2) is 17.2. The van der Waals surface area contributed by atoms with Crippen molar-refractivity contribution in [2.45, 2.75) is 6.42 Å². The highest BCUT2D eigenvalue weighted by molar-refractivity contribution is 6.21. The Kier molecular flexibility index (Phi) is 9.33. The van der Waals surface area contributed by atoms with Crippen LogP contribution in [-0.4, -0.2) is 0 Å². The highest BCUT2D eigenvalue weighted by Gasteiger charge is 2.26. The predicted molar refractivity (Wildman–Crippen MR) is 344 cm³/mol. The molecule has 1 aliphatic rings. The van der Waals surface area contributed by atoms with Gasteiger partial charge < -0.3 is 22.1 Å². The van der Waals surface area contributed by atoms with Crippen molar-refractivity contribution in [3.05, 3.63) is 266 Å². The third-order valence-electron chi connectivity index (χ3n) is 17.9. The lowest BCUT2D eigenvalue weighted by molar-refractivity contribution is 0.633. The van der Waals surface area contributed by atoms with Gasteiger partial charge in [-0.15, -0.1) is 0 Å². The highest BCUT2D eigenvalue weighted by atomic mass is 16.4. The smallest absolute Gasteiger partial charge is 0.178 e. The summed E-state index contributed by atoms with van der Waals surface area (Å²) < 4.78 is 33.6. The Labute approximate surface area is 479 Å². The maximum absolute atomic E-state index is 6.86. The van der Waals surface area contributed by atoms with E-state index in [4.69, 9.17) is 22.1 Å². The summed E-state index contributed by atoms with van der Waals surface area (Å²) in [5, 5.41) is 10.5. The summed E-state index contributed by atoms with van der Waals surface area (Å²) in [6, 6.07) is 91.3. The molecular weight excluding hydrogens is 1030 g/mol. The van der Waals surface area contributed by atoms with Crippen molar-refractivity contribution in [1.29, 1.82) is 0 Å². The maximum Gasteiger partial charge on any atom is 0.178 e. The summed E-state index contributed by atoms with van der Waals surface area (Å²) in [6.07, 6.45) is 0.833. The van der Waals surface area contributed by atoms with E-state index < -0.39 is 0 Å². The SMILES string of the molecule is c1ccc(-c2ccc3c(c2)-c2ccc4c(oc5ccc(-c6cc(-c7ccc8oc9c(ccc%10c%11cc(-c%12ccccc%12)ccc%11oc%109)c8c7)cc(-c7ccc8oc9c(ccc%10c%11cc(-c%12ccccc%12)ccc%11oc%109)c8c7)c6)cc54)c2C3)cc1. The minimum Gasteiger partial charge on any atom is -0.456 e. The van der Waals surface area contributed by atoms with Crippen molar-refractivity contribution in [2.24, 2.45) is 0 Å². The van der Waals surface area contributed by atoms with E-state index in [2.05, 4.69) is 243 Å². The highest BCUT2D eigenvalue weighted by Crippen LogP contribution is 2.48. The third-order valence-corrected chi connectivity index (χ3v) is 17.9. The average molecular weight is 1070 g/mol. The molecule has 0 aliphatic heterocycles. The standard InChI is InChI=1S/C79H44O5/c1-4-10-44(11-5-1)47-16-17-53-43-69-57(63(53)37-47)23-24-58-64-40-50(20-31-70(64)80-75(58)69)54-34-55(51-21-32-73-67(41-51)61-27-25-59-65-38-48(45-12-6-2-7-13-45)18-29-71(65)81-76(59)78(61)83-73)36-56(35-54)52-22-33-74-68(42-52)62-28-26-60-66-39-49(46-14-8-3-9-15-46)19-30-72(66)82-77(60)79(62)84-74/h1-42H,43H2. The van der Waals surface area contributed by atoms with Gasteiger partial charge in [0.25, 0.3) is 0 Å². The van der Waals surface area contributed by atoms with E-state index in [1.807, 2.05) is 12.1 Å². The fourth-order valence-corrected chi connectivity index (χ4v) is 13.7. The zero-order valence-corrected chi connectivity index (χ0v) is 45.0. The monoisotopic (exact) mass is 1070 g/mol. The van der Waals surface area contributed by atoms with Crippen molar-refractivity contribution in [3.8, 4) is 77.9 Å². The molecule has 5 nitrogen and oxygen atoms in total. The summed E-state index contributed by atoms with van der Waals surface area (Å²) in [5.41, 5.74) is 26.8. The van der Waals surface area contributed by atoms with Crippen LogP contribution in [0.4, 0.5) is 0 Å². The van der Waals surface area contributed by atoms with Crippen molar-refractivity contribution in [2.75, 3.05) is 0 Å². The molecule has 18 aromatic rings. The summed E-state index contributed by atoms with van der Waals surface area (Å²) in [4.78, 5) is 0. The van der Waals surface area contributed by atoms with E-state index in [0.29, 0.717) is 0 Å². The van der Waals surface area contributed by atoms with E-state index in [0.717, 1.165) is 161 Å². The van der Waals surface area contributed by atoms with Gasteiger partial charge in [0, 0.05) is 65.8 Å². The topological polar surface area (TPSA) is 65.7 Å². The summed E-state index contributed by atoms with van der Waals surface area (Å²) in [7, 11) is 0. The zero-order chi connectivity index (χ0) is 54.7. The quantitative estimate of drug-likeness (QED) is 0.166. The lowest BCUT2D eigenvalue weighted by Crippen LogP contribution is -1.87. The van der Waals surface area contributed by atoms with Gasteiger partial charge in [-0.3, -0.25) is 0 Å². The molecule has 0 fully saturated rings. The summed E-state index contributed by atoms with van der Waals surface area (Å²) in [6.45, 7) is 0. The Morgan fingerprint density at radius 1 is 0.190 bits per heavy atom. The molecule has 390 valence electrons. The van der Waals surface area contributed by atoms with Crippen LogP contribution in [0.3, 0.4) is 0 Å². The number of benzene rings is 13. The molecule has 0 atom stereocenters. The van der Waals surface area contributed by atoms with Crippen LogP contribution in [-0.2, 0) is 6.42 Å². The van der Waals surface area contributed by atoms with Crippen LogP contribution in [0, 0.1) is 0 Å². The van der Waals surface area contributed by atoms with Crippen molar-refractivity contribution in [3.63, 3.8) is 0 Å². The largest absolute Gasteiger partial charge is 0.456 e. The Morgan fingerprint density at radius 2 is 0.488 bits per heavy atom. The van der Waals surface area contributed by atoms with Crippen LogP contribution in [0.2, 0.25) is 0 Å². The molecular formula is C79H44O5. The molecule has 5 heteroatoms. The first kappa shape index (κ1) is 45.6. The molecule has 0 amide bonds. The fourth-order valence-electron chi connectivity index (χ4n) is 13.7. The molecule has 0 spiro atoms. The third kappa shape index (κ3) is 6.78. The summed E-state index contributed by atoms with van der Waals surface area (Å²) in [5.74, 6) is 0. The van der Waals surface area contributed by atoms with E-state index in [9.17, 15) is 0 Å². The fraction of sp³-hybridized carbons (Fsp3) is 0.0127. The van der Waals surface area contributed by atoms with Gasteiger partial charge in [0.1, 0.15) is 33.5 Å². The minimum atomic E-state index is 0.746. The second-order valence-corrected chi connectivity index (χ2v) is 22.6. The van der Waals surface area contributed by atoms with Crippen LogP contribution in [0.15, 0.2) is 277 Å². The molecule has 0 bridgehead atoms. The number of furan rings is 5. The molecule has 5 heterocycles. The van der Waals surface area contributed by atoms with Gasteiger partial charge in [0.05, 0.1) is 0 Å². The Bertz CT molecular complexity index is 5560. The Morgan fingerprint density at radius 3 is 0.857 bits per heavy atom. The van der Waals surface area contributed by atoms with Crippen LogP contribution in [0.25, 0.3) is 188 Å². The molecule has 5 aromatic heterocycles. The molecule has 0 unspecified atom stereocenters. The lowest BCUT2D eigenvalue weighted by atomic mass is 9.92. The van der Waals surface area contributed by atoms with Gasteiger partial charge in [0.2, 0.25) is 0 Å². The first-order chi connectivity index (χ1) is 41.5. The minimum absolute atomic E-state index is 0.746. The van der Waals surface area contributed by atoms with Gasteiger partial charge >= 0.3 is 0 Å². The number of rotatable bonds is 6. The molecule has 1 aliphatic carbocycles. The van der Waals surface area contributed by atoms with Crippen molar-refractivity contribution >= 4 is 110 Å². The van der Waals surface area contributed by atoms with Crippen molar-refractivity contribution in [1.82, 2.24) is 0 Å². The predicted octanol–water partition coefficient (Wildman–Crippen LogP) is 22.8. The van der Waals surface area contributed by atoms with Gasteiger partial charge in [-0.25, -0.2) is 0 Å². The van der Waals surface area contributed by atoms with Gasteiger partial charge in [-0.1, -0.05) is 140 Å². The van der Waals surface area contributed by atoms with Gasteiger partial charge in [0.15, 0.2) is 22.3 Å². The van der Waals surface area contributed by atoms with Crippen LogP contribution < -0.4 is 0 Å². The average Bonchev–Trinajstić information content (AvgIpc) is 2.80. The van der Waals surface area contributed by atoms with E-state index in [1.165, 1.54) is 44.5 Å². The summed E-state index contributed by atoms with van der Waals surface area (Å²) >= 11 is 0. The van der Waals surface area contributed by atoms with Crippen molar-refractivity contribution < 1.29 is 22.1 Å². The maximum atomic E-state index is 6.86. The van der Waals surface area contributed by atoms with Crippen LogP contribution in [0.1, 0.15) is 11.1 Å². The number of fused-ring (bicyclic) bond motifs is 21. The molecule has 0 saturated carbocycles. The molecule has 19 rings (SSSR count). The number of hydrogen-bond acceptors (Lipinski definition) is 5. The zero-order valence-electron chi connectivity index (χ0n) is 45.0. The van der Waals surface area contributed by atoms with Gasteiger partial charge in [-0.05, 0) is 199 Å². The molecule has 0 N–H and O–H groups in total. The van der Waals surface area contributed by atoms with Gasteiger partial charge in [-0.2, -0.15) is 0 Å². The Hall–Kier alpha value is -11.1. The van der Waals surface area contributed by atoms with E-state index in [-0.39, 0.29) is 0 Å². The molecule has 84 heavy (non-hydrogen) atoms. The van der Waals surface area contributed by atoms with E-state index >= 15 is 0 Å².